The van der Waals surface area contributed by atoms with Crippen LogP contribution in [0.3, 0.4) is 0 Å². The molecule has 0 spiro atoms. The Morgan fingerprint density at radius 2 is 2.04 bits per heavy atom. The van der Waals surface area contributed by atoms with E-state index in [9.17, 15) is 8.42 Å². The van der Waals surface area contributed by atoms with E-state index in [1.54, 1.807) is 24.3 Å². The van der Waals surface area contributed by atoms with Crippen LogP contribution < -0.4 is 5.32 Å². The molecule has 0 unspecified atom stereocenters. The van der Waals surface area contributed by atoms with E-state index in [2.05, 4.69) is 25.9 Å². The Balaban J connectivity index is 1.45. The summed E-state index contributed by atoms with van der Waals surface area (Å²) >= 11 is 1.25. The summed E-state index contributed by atoms with van der Waals surface area (Å²) in [6.45, 7) is 2.12. The highest BCUT2D eigenvalue weighted by atomic mass is 32.2. The van der Waals surface area contributed by atoms with Gasteiger partial charge in [-0.1, -0.05) is 0 Å². The SMILES string of the molecule is O=S(=O)(c1ccc(CNc2ccc3nnnn3n2)s1)N1CCOCC1. The molecule has 0 aliphatic carbocycles. The van der Waals surface area contributed by atoms with Gasteiger partial charge in [-0.15, -0.1) is 26.2 Å². The number of hydrogen-bond acceptors (Lipinski definition) is 9. The Morgan fingerprint density at radius 3 is 2.88 bits per heavy atom. The molecule has 25 heavy (non-hydrogen) atoms. The first-order valence-corrected chi connectivity index (χ1v) is 9.84. The minimum Gasteiger partial charge on any atom is -0.379 e. The number of tetrazole rings is 1. The van der Waals surface area contributed by atoms with Gasteiger partial charge in [0.25, 0.3) is 10.0 Å². The van der Waals surface area contributed by atoms with E-state index in [4.69, 9.17) is 4.74 Å². The molecule has 1 fully saturated rings. The van der Waals surface area contributed by atoms with Gasteiger partial charge in [0.15, 0.2) is 5.65 Å². The van der Waals surface area contributed by atoms with Gasteiger partial charge in [-0.25, -0.2) is 8.42 Å². The van der Waals surface area contributed by atoms with E-state index in [0.29, 0.717) is 48.5 Å². The van der Waals surface area contributed by atoms with Crippen molar-refractivity contribution in [2.75, 3.05) is 31.6 Å². The molecule has 1 N–H and O–H groups in total. The van der Waals surface area contributed by atoms with Gasteiger partial charge in [0.2, 0.25) is 0 Å². The molecule has 4 heterocycles. The van der Waals surface area contributed by atoms with Crippen molar-refractivity contribution in [3.8, 4) is 0 Å². The molecule has 3 aromatic heterocycles. The summed E-state index contributed by atoms with van der Waals surface area (Å²) in [6, 6.07) is 6.97. The van der Waals surface area contributed by atoms with Crippen molar-refractivity contribution < 1.29 is 13.2 Å². The number of hydrogen-bond donors (Lipinski definition) is 1. The van der Waals surface area contributed by atoms with Crippen molar-refractivity contribution in [1.29, 1.82) is 0 Å². The van der Waals surface area contributed by atoms with E-state index < -0.39 is 10.0 Å². The zero-order valence-electron chi connectivity index (χ0n) is 13.1. The standard InChI is InChI=1S/C13H15N7O3S2/c21-25(22,19-5-7-23-8-6-19)13-4-1-10(24-13)9-14-11-2-3-12-15-17-18-20(12)16-11/h1-4H,5-9H2,(H,14,16). The lowest BCUT2D eigenvalue weighted by Crippen LogP contribution is -2.40. The molecule has 1 aliphatic rings. The molecule has 1 saturated heterocycles. The zero-order valence-corrected chi connectivity index (χ0v) is 14.7. The highest BCUT2D eigenvalue weighted by Crippen LogP contribution is 2.26. The van der Waals surface area contributed by atoms with Gasteiger partial charge < -0.3 is 10.1 Å². The molecule has 3 aromatic rings. The van der Waals surface area contributed by atoms with Gasteiger partial charge in [-0.05, 0) is 34.7 Å². The minimum atomic E-state index is -3.45. The molecular weight excluding hydrogens is 366 g/mol. The number of nitrogens with one attached hydrogen (secondary N) is 1. The summed E-state index contributed by atoms with van der Waals surface area (Å²) in [5.41, 5.74) is 0.556. The maximum atomic E-state index is 12.6. The maximum Gasteiger partial charge on any atom is 0.252 e. The lowest BCUT2D eigenvalue weighted by atomic mass is 10.4. The molecule has 0 saturated carbocycles. The second kappa shape index (κ2) is 6.63. The molecule has 0 atom stereocenters. The molecule has 0 amide bonds. The fraction of sp³-hybridized carbons (Fsp3) is 0.385. The van der Waals surface area contributed by atoms with Crippen LogP contribution in [0.1, 0.15) is 4.88 Å². The van der Waals surface area contributed by atoms with E-state index in [1.807, 2.05) is 0 Å². The summed E-state index contributed by atoms with van der Waals surface area (Å²) in [6.07, 6.45) is 0. The monoisotopic (exact) mass is 381 g/mol. The summed E-state index contributed by atoms with van der Waals surface area (Å²) in [4.78, 5) is 0.894. The fourth-order valence-electron chi connectivity index (χ4n) is 2.43. The van der Waals surface area contributed by atoms with E-state index in [0.717, 1.165) is 4.88 Å². The van der Waals surface area contributed by atoms with Crippen LogP contribution in [0.4, 0.5) is 5.82 Å². The molecule has 0 radical (unpaired) electrons. The molecule has 1 aliphatic heterocycles. The molecule has 0 bridgehead atoms. The van der Waals surface area contributed by atoms with Crippen molar-refractivity contribution in [2.45, 2.75) is 10.8 Å². The van der Waals surface area contributed by atoms with E-state index >= 15 is 0 Å². The third-order valence-corrected chi connectivity index (χ3v) is 7.17. The minimum absolute atomic E-state index is 0.343. The molecule has 132 valence electrons. The van der Waals surface area contributed by atoms with Crippen LogP contribution in [0, 0.1) is 0 Å². The van der Waals surface area contributed by atoms with Gasteiger partial charge >= 0.3 is 0 Å². The lowest BCUT2D eigenvalue weighted by molar-refractivity contribution is 0.0731. The first kappa shape index (κ1) is 16.3. The second-order valence-corrected chi connectivity index (χ2v) is 8.67. The number of aromatic nitrogens is 5. The van der Waals surface area contributed by atoms with Crippen LogP contribution in [0.5, 0.6) is 0 Å². The van der Waals surface area contributed by atoms with Crippen LogP contribution in [0.2, 0.25) is 0 Å². The van der Waals surface area contributed by atoms with Crippen molar-refractivity contribution >= 4 is 32.8 Å². The number of anilines is 1. The Morgan fingerprint density at radius 1 is 1.20 bits per heavy atom. The van der Waals surface area contributed by atoms with E-state index in [-0.39, 0.29) is 0 Å². The number of sulfonamides is 1. The fourth-order valence-corrected chi connectivity index (χ4v) is 5.29. The molecule has 12 heteroatoms. The highest BCUT2D eigenvalue weighted by Gasteiger charge is 2.27. The number of morpholine rings is 1. The second-order valence-electron chi connectivity index (χ2n) is 5.34. The molecule has 4 rings (SSSR count). The molecule has 0 aromatic carbocycles. The number of thiophene rings is 1. The Labute approximate surface area is 147 Å². The predicted octanol–water partition coefficient (Wildman–Crippen LogP) is 0.214. The van der Waals surface area contributed by atoms with Crippen molar-refractivity contribution in [3.05, 3.63) is 29.1 Å². The summed E-state index contributed by atoms with van der Waals surface area (Å²) < 4.78 is 33.6. The Bertz CT molecular complexity index is 978. The normalized spacial score (nSPS) is 16.3. The smallest absolute Gasteiger partial charge is 0.252 e. The highest BCUT2D eigenvalue weighted by molar-refractivity contribution is 7.91. The predicted molar refractivity (Wildman–Crippen MR) is 89.8 cm³/mol. The van der Waals surface area contributed by atoms with Gasteiger partial charge in [-0.3, -0.25) is 0 Å². The topological polar surface area (TPSA) is 115 Å². The Hall–Kier alpha value is -2.15. The number of fused-ring (bicyclic) bond motifs is 1. The largest absolute Gasteiger partial charge is 0.379 e. The van der Waals surface area contributed by atoms with Crippen LogP contribution in [-0.4, -0.2) is 64.3 Å². The first-order chi connectivity index (χ1) is 12.1. The van der Waals surface area contributed by atoms with Gasteiger partial charge in [-0.2, -0.15) is 4.31 Å². The number of ether oxygens (including phenoxy) is 1. The quantitative estimate of drug-likeness (QED) is 0.667. The molecular formula is C13H15N7O3S2. The van der Waals surface area contributed by atoms with Crippen LogP contribution in [0.15, 0.2) is 28.5 Å². The van der Waals surface area contributed by atoms with Crippen molar-refractivity contribution in [1.82, 2.24) is 29.6 Å². The molecule has 10 nitrogen and oxygen atoms in total. The van der Waals surface area contributed by atoms with E-state index in [1.165, 1.54) is 20.3 Å². The average Bonchev–Trinajstić information content (AvgIpc) is 3.30. The zero-order chi connectivity index (χ0) is 17.3. The van der Waals surface area contributed by atoms with Gasteiger partial charge in [0, 0.05) is 18.0 Å². The summed E-state index contributed by atoms with van der Waals surface area (Å²) in [5, 5.41) is 18.4. The van der Waals surface area contributed by atoms with Gasteiger partial charge in [0.1, 0.15) is 10.0 Å². The third-order valence-electron chi connectivity index (χ3n) is 3.71. The third kappa shape index (κ3) is 3.33. The summed E-state index contributed by atoms with van der Waals surface area (Å²) in [7, 11) is -3.45. The summed E-state index contributed by atoms with van der Waals surface area (Å²) in [5.74, 6) is 0.603. The van der Waals surface area contributed by atoms with Gasteiger partial charge in [0.05, 0.1) is 19.8 Å². The van der Waals surface area contributed by atoms with Crippen molar-refractivity contribution in [2.24, 2.45) is 0 Å². The Kier molecular flexibility index (Phi) is 4.33. The van der Waals surface area contributed by atoms with Crippen LogP contribution >= 0.6 is 11.3 Å². The number of nitrogens with zero attached hydrogens (tertiary/aromatic N) is 6. The first-order valence-electron chi connectivity index (χ1n) is 7.59. The lowest BCUT2D eigenvalue weighted by Gasteiger charge is -2.25. The van der Waals surface area contributed by atoms with Crippen LogP contribution in [-0.2, 0) is 21.3 Å². The van der Waals surface area contributed by atoms with Crippen LogP contribution in [0.25, 0.3) is 5.65 Å². The average molecular weight is 381 g/mol. The van der Waals surface area contributed by atoms with Crippen molar-refractivity contribution in [3.63, 3.8) is 0 Å². The maximum absolute atomic E-state index is 12.6. The number of rotatable bonds is 5.